The maximum absolute atomic E-state index is 12.9. The first kappa shape index (κ1) is 21.8. The zero-order valence-corrected chi connectivity index (χ0v) is 17.3. The Bertz CT molecular complexity index is 978. The fraction of sp³-hybridized carbons (Fsp3) is 0.333. The molecule has 1 aliphatic heterocycles. The molecule has 6 nitrogen and oxygen atoms in total. The number of sulfonamides is 1. The van der Waals surface area contributed by atoms with Gasteiger partial charge in [-0.1, -0.05) is 37.3 Å². The highest BCUT2D eigenvalue weighted by Gasteiger charge is 2.38. The first-order valence-electron chi connectivity index (χ1n) is 8.39. The SMILES string of the molecule is CCS(=O)(=O)c1ccc(S(=O)(=O)N2C[C@@H](N)[C@H](c3ccccc3)C2)cc1.Cl. The Balaban J connectivity index is 0.00000261. The topological polar surface area (TPSA) is 97.5 Å². The molecule has 0 bridgehead atoms. The number of nitrogens with two attached hydrogens (primary N) is 1. The van der Waals surface area contributed by atoms with E-state index >= 15 is 0 Å². The van der Waals surface area contributed by atoms with Crippen molar-refractivity contribution in [3.8, 4) is 0 Å². The van der Waals surface area contributed by atoms with Crippen molar-refractivity contribution in [1.82, 2.24) is 4.31 Å². The summed E-state index contributed by atoms with van der Waals surface area (Å²) in [7, 11) is -7.08. The molecule has 1 aliphatic rings. The van der Waals surface area contributed by atoms with E-state index in [-0.39, 0.29) is 46.5 Å². The number of rotatable bonds is 5. The van der Waals surface area contributed by atoms with Crippen molar-refractivity contribution >= 4 is 32.3 Å². The molecule has 0 aliphatic carbocycles. The molecule has 1 saturated heterocycles. The third kappa shape index (κ3) is 4.35. The molecule has 3 rings (SSSR count). The van der Waals surface area contributed by atoms with Crippen LogP contribution in [0, 0.1) is 0 Å². The molecule has 0 spiro atoms. The quantitative estimate of drug-likeness (QED) is 0.782. The van der Waals surface area contributed by atoms with Crippen molar-refractivity contribution < 1.29 is 16.8 Å². The predicted molar refractivity (Wildman–Crippen MR) is 107 cm³/mol. The summed E-state index contributed by atoms with van der Waals surface area (Å²) in [6, 6.07) is 14.7. The Hall–Kier alpha value is -1.45. The summed E-state index contributed by atoms with van der Waals surface area (Å²) in [5, 5.41) is 0. The minimum Gasteiger partial charge on any atom is -0.326 e. The molecule has 0 aromatic heterocycles. The van der Waals surface area contributed by atoms with E-state index in [0.29, 0.717) is 6.54 Å². The summed E-state index contributed by atoms with van der Waals surface area (Å²) in [5.41, 5.74) is 7.21. The van der Waals surface area contributed by atoms with Crippen LogP contribution in [0.4, 0.5) is 0 Å². The van der Waals surface area contributed by atoms with E-state index in [1.165, 1.54) is 28.6 Å². The molecule has 1 heterocycles. The third-order valence-electron chi connectivity index (χ3n) is 4.76. The van der Waals surface area contributed by atoms with Crippen LogP contribution in [0.1, 0.15) is 18.4 Å². The molecule has 2 aromatic carbocycles. The highest BCUT2D eigenvalue weighted by atomic mass is 35.5. The van der Waals surface area contributed by atoms with Crippen LogP contribution in [-0.4, -0.2) is 46.0 Å². The second-order valence-electron chi connectivity index (χ2n) is 6.38. The standard InChI is InChI=1S/C18H22N2O4S2.ClH/c1-2-25(21,22)15-8-10-16(11-9-15)26(23,24)20-12-17(18(19)13-20)14-6-4-3-5-7-14;/h3-11,17-18H,2,12-13,19H2,1H3;1H/t17-,18+;/m0./s1. The van der Waals surface area contributed by atoms with Gasteiger partial charge < -0.3 is 5.73 Å². The summed E-state index contributed by atoms with van der Waals surface area (Å²) in [6.07, 6.45) is 0. The Kier molecular flexibility index (Phi) is 6.70. The van der Waals surface area contributed by atoms with Crippen molar-refractivity contribution in [3.63, 3.8) is 0 Å². The van der Waals surface area contributed by atoms with Crippen molar-refractivity contribution in [3.05, 3.63) is 60.2 Å². The second-order valence-corrected chi connectivity index (χ2v) is 10.6. The molecule has 9 heteroatoms. The normalized spacial score (nSPS) is 21.0. The Morgan fingerprint density at radius 1 is 0.926 bits per heavy atom. The van der Waals surface area contributed by atoms with Gasteiger partial charge in [-0.25, -0.2) is 16.8 Å². The molecule has 0 amide bonds. The number of hydrogen-bond acceptors (Lipinski definition) is 5. The lowest BCUT2D eigenvalue weighted by Crippen LogP contribution is -2.32. The molecule has 27 heavy (non-hydrogen) atoms. The van der Waals surface area contributed by atoms with Crippen LogP contribution in [0.15, 0.2) is 64.4 Å². The minimum absolute atomic E-state index is 0. The molecule has 0 unspecified atom stereocenters. The van der Waals surface area contributed by atoms with E-state index in [2.05, 4.69) is 0 Å². The molecule has 0 saturated carbocycles. The van der Waals surface area contributed by atoms with Gasteiger partial charge in [-0.2, -0.15) is 4.31 Å². The Labute approximate surface area is 166 Å². The van der Waals surface area contributed by atoms with Crippen LogP contribution >= 0.6 is 12.4 Å². The maximum atomic E-state index is 12.9. The van der Waals surface area contributed by atoms with Gasteiger partial charge in [0.25, 0.3) is 0 Å². The van der Waals surface area contributed by atoms with E-state index in [9.17, 15) is 16.8 Å². The first-order valence-corrected chi connectivity index (χ1v) is 11.5. The minimum atomic E-state index is -3.72. The van der Waals surface area contributed by atoms with Gasteiger partial charge in [0.1, 0.15) is 0 Å². The number of hydrogen-bond donors (Lipinski definition) is 1. The van der Waals surface area contributed by atoms with Crippen molar-refractivity contribution in [2.75, 3.05) is 18.8 Å². The lowest BCUT2D eigenvalue weighted by molar-refractivity contribution is 0.470. The van der Waals surface area contributed by atoms with Crippen molar-refractivity contribution in [1.29, 1.82) is 0 Å². The monoisotopic (exact) mass is 430 g/mol. The number of benzene rings is 2. The van der Waals surface area contributed by atoms with Gasteiger partial charge in [0.2, 0.25) is 10.0 Å². The van der Waals surface area contributed by atoms with Crippen LogP contribution in [0.2, 0.25) is 0 Å². The molecule has 1 fully saturated rings. The smallest absolute Gasteiger partial charge is 0.243 e. The average molecular weight is 431 g/mol. The maximum Gasteiger partial charge on any atom is 0.243 e. The lowest BCUT2D eigenvalue weighted by Gasteiger charge is -2.17. The zero-order chi connectivity index (χ0) is 18.9. The third-order valence-corrected chi connectivity index (χ3v) is 8.36. The van der Waals surface area contributed by atoms with Gasteiger partial charge in [0, 0.05) is 25.0 Å². The van der Waals surface area contributed by atoms with E-state index < -0.39 is 19.9 Å². The van der Waals surface area contributed by atoms with Gasteiger partial charge in [0.15, 0.2) is 9.84 Å². The molecular weight excluding hydrogens is 408 g/mol. The molecular formula is C18H23ClN2O4S2. The Morgan fingerprint density at radius 3 is 2.04 bits per heavy atom. The van der Waals surface area contributed by atoms with Gasteiger partial charge in [-0.3, -0.25) is 0 Å². The van der Waals surface area contributed by atoms with Gasteiger partial charge in [-0.15, -0.1) is 12.4 Å². The molecule has 0 radical (unpaired) electrons. The predicted octanol–water partition coefficient (Wildman–Crippen LogP) is 2.02. The first-order chi connectivity index (χ1) is 12.3. The number of nitrogens with zero attached hydrogens (tertiary/aromatic N) is 1. The van der Waals surface area contributed by atoms with Crippen LogP contribution in [0.5, 0.6) is 0 Å². The summed E-state index contributed by atoms with van der Waals surface area (Å²) < 4.78 is 51.0. The van der Waals surface area contributed by atoms with Crippen LogP contribution in [0.3, 0.4) is 0 Å². The van der Waals surface area contributed by atoms with E-state index in [1.807, 2.05) is 30.3 Å². The molecule has 148 valence electrons. The number of halogens is 1. The number of sulfone groups is 1. The summed E-state index contributed by atoms with van der Waals surface area (Å²) >= 11 is 0. The summed E-state index contributed by atoms with van der Waals surface area (Å²) in [4.78, 5) is 0.202. The Morgan fingerprint density at radius 2 is 1.48 bits per heavy atom. The van der Waals surface area contributed by atoms with E-state index in [0.717, 1.165) is 5.56 Å². The lowest BCUT2D eigenvalue weighted by atomic mass is 9.95. The molecule has 2 atom stereocenters. The largest absolute Gasteiger partial charge is 0.326 e. The molecule has 2 aromatic rings. The van der Waals surface area contributed by atoms with E-state index in [4.69, 9.17) is 5.73 Å². The second kappa shape index (κ2) is 8.28. The van der Waals surface area contributed by atoms with Gasteiger partial charge in [-0.05, 0) is 29.8 Å². The zero-order valence-electron chi connectivity index (χ0n) is 14.9. The van der Waals surface area contributed by atoms with Gasteiger partial charge >= 0.3 is 0 Å². The van der Waals surface area contributed by atoms with Gasteiger partial charge in [0.05, 0.1) is 15.5 Å². The van der Waals surface area contributed by atoms with Crippen LogP contribution in [-0.2, 0) is 19.9 Å². The highest BCUT2D eigenvalue weighted by Crippen LogP contribution is 2.30. The van der Waals surface area contributed by atoms with Crippen molar-refractivity contribution in [2.24, 2.45) is 5.73 Å². The van der Waals surface area contributed by atoms with Crippen LogP contribution < -0.4 is 5.73 Å². The summed E-state index contributed by atoms with van der Waals surface area (Å²) in [6.45, 7) is 2.09. The molecule has 2 N–H and O–H groups in total. The fourth-order valence-corrected chi connectivity index (χ4v) is 5.56. The summed E-state index contributed by atoms with van der Waals surface area (Å²) in [5.74, 6) is -0.0931. The van der Waals surface area contributed by atoms with Crippen molar-refractivity contribution in [2.45, 2.75) is 28.7 Å². The average Bonchev–Trinajstić information content (AvgIpc) is 3.05. The fourth-order valence-electron chi connectivity index (χ4n) is 3.18. The highest BCUT2D eigenvalue weighted by molar-refractivity contribution is 7.91. The van der Waals surface area contributed by atoms with Crippen LogP contribution in [0.25, 0.3) is 0 Å². The van der Waals surface area contributed by atoms with E-state index in [1.54, 1.807) is 6.92 Å².